The average molecular weight is 225 g/mol. The van der Waals surface area contributed by atoms with Crippen LogP contribution in [-0.4, -0.2) is 28.8 Å². The van der Waals surface area contributed by atoms with Gasteiger partial charge in [0.1, 0.15) is 5.69 Å². The van der Waals surface area contributed by atoms with Gasteiger partial charge in [0.25, 0.3) is 5.91 Å². The van der Waals surface area contributed by atoms with Gasteiger partial charge in [-0.05, 0) is 19.9 Å². The summed E-state index contributed by atoms with van der Waals surface area (Å²) in [6, 6.07) is 1.51. The first-order chi connectivity index (χ1) is 7.36. The van der Waals surface area contributed by atoms with Crippen molar-refractivity contribution in [2.45, 2.75) is 20.4 Å². The summed E-state index contributed by atoms with van der Waals surface area (Å²) in [5, 5.41) is 3.95. The SMILES string of the molecule is COC(=O)C(C)(C)Cn1ccc(C(N)=O)n1. The number of hydrogen-bond donors (Lipinski definition) is 1. The number of primary amides is 1. The van der Waals surface area contributed by atoms with Gasteiger partial charge < -0.3 is 10.5 Å². The van der Waals surface area contributed by atoms with Crippen molar-refractivity contribution in [2.75, 3.05) is 7.11 Å². The normalized spacial score (nSPS) is 11.2. The third kappa shape index (κ3) is 2.59. The first-order valence-electron chi connectivity index (χ1n) is 4.78. The third-order valence-corrected chi connectivity index (χ3v) is 2.19. The quantitative estimate of drug-likeness (QED) is 0.740. The molecule has 88 valence electrons. The summed E-state index contributed by atoms with van der Waals surface area (Å²) in [5.74, 6) is -0.918. The van der Waals surface area contributed by atoms with Gasteiger partial charge in [-0.15, -0.1) is 0 Å². The van der Waals surface area contributed by atoms with Crippen LogP contribution in [0.5, 0.6) is 0 Å². The molecule has 0 radical (unpaired) electrons. The highest BCUT2D eigenvalue weighted by molar-refractivity contribution is 5.90. The molecule has 0 bridgehead atoms. The van der Waals surface area contributed by atoms with E-state index in [4.69, 9.17) is 5.73 Å². The van der Waals surface area contributed by atoms with E-state index in [1.54, 1.807) is 20.0 Å². The second kappa shape index (κ2) is 4.34. The monoisotopic (exact) mass is 225 g/mol. The Hall–Kier alpha value is -1.85. The van der Waals surface area contributed by atoms with Crippen molar-refractivity contribution in [3.8, 4) is 0 Å². The molecule has 1 aromatic heterocycles. The number of amides is 1. The zero-order valence-electron chi connectivity index (χ0n) is 9.56. The highest BCUT2D eigenvalue weighted by atomic mass is 16.5. The molecule has 0 spiro atoms. The number of esters is 1. The van der Waals surface area contributed by atoms with Crippen LogP contribution >= 0.6 is 0 Å². The zero-order chi connectivity index (χ0) is 12.3. The molecule has 1 aromatic rings. The fourth-order valence-electron chi connectivity index (χ4n) is 1.33. The van der Waals surface area contributed by atoms with Crippen LogP contribution < -0.4 is 5.73 Å². The molecule has 0 unspecified atom stereocenters. The fraction of sp³-hybridized carbons (Fsp3) is 0.500. The number of methoxy groups -OCH3 is 1. The highest BCUT2D eigenvalue weighted by Crippen LogP contribution is 2.19. The maximum Gasteiger partial charge on any atom is 0.313 e. The molecule has 1 rings (SSSR count). The van der Waals surface area contributed by atoms with Crippen LogP contribution in [0.1, 0.15) is 24.3 Å². The standard InChI is InChI=1S/C10H15N3O3/c1-10(2,9(15)16-3)6-13-5-4-7(12-13)8(11)14/h4-5H,6H2,1-3H3,(H2,11,14). The third-order valence-electron chi connectivity index (χ3n) is 2.19. The molecule has 0 fully saturated rings. The van der Waals surface area contributed by atoms with Gasteiger partial charge in [0.05, 0.1) is 19.1 Å². The van der Waals surface area contributed by atoms with Crippen LogP contribution in [0.15, 0.2) is 12.3 Å². The highest BCUT2D eigenvalue weighted by Gasteiger charge is 2.29. The van der Waals surface area contributed by atoms with Gasteiger partial charge in [-0.3, -0.25) is 14.3 Å². The minimum atomic E-state index is -0.699. The van der Waals surface area contributed by atoms with Crippen molar-refractivity contribution in [3.05, 3.63) is 18.0 Å². The average Bonchev–Trinajstić information content (AvgIpc) is 2.64. The van der Waals surface area contributed by atoms with E-state index in [9.17, 15) is 9.59 Å². The predicted octanol–water partition coefficient (Wildman–Crippen LogP) is 0.181. The van der Waals surface area contributed by atoms with E-state index in [1.165, 1.54) is 17.9 Å². The Labute approximate surface area is 93.4 Å². The summed E-state index contributed by atoms with van der Waals surface area (Å²) < 4.78 is 6.17. The Morgan fingerprint density at radius 2 is 2.19 bits per heavy atom. The summed E-state index contributed by atoms with van der Waals surface area (Å²) in [4.78, 5) is 22.2. The van der Waals surface area contributed by atoms with Crippen LogP contribution in [0.3, 0.4) is 0 Å². The van der Waals surface area contributed by atoms with Crippen molar-refractivity contribution < 1.29 is 14.3 Å². The molecule has 0 saturated heterocycles. The van der Waals surface area contributed by atoms with Crippen LogP contribution in [0, 0.1) is 5.41 Å². The van der Waals surface area contributed by atoms with Gasteiger partial charge in [0.2, 0.25) is 0 Å². The number of carbonyl (C=O) groups is 2. The Morgan fingerprint density at radius 3 is 2.62 bits per heavy atom. The van der Waals surface area contributed by atoms with Crippen LogP contribution in [-0.2, 0) is 16.1 Å². The van der Waals surface area contributed by atoms with E-state index in [-0.39, 0.29) is 11.7 Å². The topological polar surface area (TPSA) is 87.2 Å². The number of rotatable bonds is 4. The van der Waals surface area contributed by atoms with Crippen molar-refractivity contribution in [3.63, 3.8) is 0 Å². The van der Waals surface area contributed by atoms with E-state index in [0.29, 0.717) is 6.54 Å². The maximum absolute atomic E-state index is 11.4. The molecule has 0 aliphatic heterocycles. The predicted molar refractivity (Wildman–Crippen MR) is 56.5 cm³/mol. The van der Waals surface area contributed by atoms with Gasteiger partial charge in [-0.25, -0.2) is 0 Å². The molecular formula is C10H15N3O3. The minimum absolute atomic E-state index is 0.181. The molecule has 2 N–H and O–H groups in total. The number of ether oxygens (including phenoxy) is 1. The van der Waals surface area contributed by atoms with Crippen LogP contribution in [0.25, 0.3) is 0 Å². The summed E-state index contributed by atoms with van der Waals surface area (Å²) in [5.41, 5.74) is 4.55. The van der Waals surface area contributed by atoms with Crippen molar-refractivity contribution in [1.29, 1.82) is 0 Å². The fourth-order valence-corrected chi connectivity index (χ4v) is 1.33. The molecular weight excluding hydrogens is 210 g/mol. The minimum Gasteiger partial charge on any atom is -0.469 e. The molecule has 0 aliphatic carbocycles. The number of aromatic nitrogens is 2. The lowest BCUT2D eigenvalue weighted by atomic mass is 9.94. The molecule has 1 amide bonds. The Morgan fingerprint density at radius 1 is 1.56 bits per heavy atom. The molecule has 6 nitrogen and oxygen atoms in total. The van der Waals surface area contributed by atoms with Gasteiger partial charge in [-0.2, -0.15) is 5.10 Å². The Kier molecular flexibility index (Phi) is 3.31. The van der Waals surface area contributed by atoms with Crippen LogP contribution in [0.2, 0.25) is 0 Å². The van der Waals surface area contributed by atoms with Gasteiger partial charge in [0, 0.05) is 6.20 Å². The number of nitrogens with two attached hydrogens (primary N) is 1. The van der Waals surface area contributed by atoms with Crippen LogP contribution in [0.4, 0.5) is 0 Å². The lowest BCUT2D eigenvalue weighted by Crippen LogP contribution is -2.31. The molecule has 0 aliphatic rings. The summed E-state index contributed by atoms with van der Waals surface area (Å²) in [7, 11) is 1.34. The Balaban J connectivity index is 2.80. The van der Waals surface area contributed by atoms with E-state index in [1.807, 2.05) is 0 Å². The van der Waals surface area contributed by atoms with E-state index in [2.05, 4.69) is 9.84 Å². The second-order valence-electron chi connectivity index (χ2n) is 4.14. The first-order valence-corrected chi connectivity index (χ1v) is 4.78. The lowest BCUT2D eigenvalue weighted by molar-refractivity contribution is -0.151. The smallest absolute Gasteiger partial charge is 0.313 e. The number of nitrogens with zero attached hydrogens (tertiary/aromatic N) is 2. The van der Waals surface area contributed by atoms with Crippen molar-refractivity contribution in [2.24, 2.45) is 11.1 Å². The molecule has 0 saturated carbocycles. The molecule has 16 heavy (non-hydrogen) atoms. The molecule has 0 aromatic carbocycles. The number of hydrogen-bond acceptors (Lipinski definition) is 4. The molecule has 0 atom stereocenters. The lowest BCUT2D eigenvalue weighted by Gasteiger charge is -2.20. The zero-order valence-corrected chi connectivity index (χ0v) is 9.56. The van der Waals surface area contributed by atoms with Gasteiger partial charge in [0.15, 0.2) is 0 Å². The summed E-state index contributed by atoms with van der Waals surface area (Å²) >= 11 is 0. The second-order valence-corrected chi connectivity index (χ2v) is 4.14. The first kappa shape index (κ1) is 12.2. The van der Waals surface area contributed by atoms with E-state index >= 15 is 0 Å². The maximum atomic E-state index is 11.4. The van der Waals surface area contributed by atoms with Crippen molar-refractivity contribution in [1.82, 2.24) is 9.78 Å². The van der Waals surface area contributed by atoms with Gasteiger partial charge in [-0.1, -0.05) is 0 Å². The largest absolute Gasteiger partial charge is 0.469 e. The van der Waals surface area contributed by atoms with Crippen molar-refractivity contribution >= 4 is 11.9 Å². The summed E-state index contributed by atoms with van der Waals surface area (Å²) in [6.45, 7) is 3.81. The number of carbonyl (C=O) groups excluding carboxylic acids is 2. The molecule has 1 heterocycles. The van der Waals surface area contributed by atoms with Gasteiger partial charge >= 0.3 is 5.97 Å². The molecule has 6 heteroatoms. The van der Waals surface area contributed by atoms with E-state index < -0.39 is 11.3 Å². The summed E-state index contributed by atoms with van der Waals surface area (Å²) in [6.07, 6.45) is 1.60. The van der Waals surface area contributed by atoms with E-state index in [0.717, 1.165) is 0 Å². The Bertz CT molecular complexity index is 409.